The van der Waals surface area contributed by atoms with Crippen molar-refractivity contribution in [3.05, 3.63) is 30.4 Å². The number of nitrogens with zero attached hydrogens (tertiary/aromatic N) is 3. The van der Waals surface area contributed by atoms with E-state index in [0.29, 0.717) is 17.8 Å². The van der Waals surface area contributed by atoms with Gasteiger partial charge in [-0.25, -0.2) is 0 Å². The van der Waals surface area contributed by atoms with Crippen LogP contribution in [0.5, 0.6) is 0 Å². The van der Waals surface area contributed by atoms with Gasteiger partial charge in [-0.1, -0.05) is 24.9 Å². The van der Waals surface area contributed by atoms with Gasteiger partial charge in [-0.3, -0.25) is 4.98 Å². The van der Waals surface area contributed by atoms with Crippen LogP contribution >= 0.6 is 0 Å². The molecule has 1 N–H and O–H groups in total. The van der Waals surface area contributed by atoms with Crippen LogP contribution in [-0.2, 0) is 6.42 Å². The molecule has 0 aromatic carbocycles. The molecule has 2 unspecified atom stereocenters. The summed E-state index contributed by atoms with van der Waals surface area (Å²) in [6, 6.07) is 4.41. The van der Waals surface area contributed by atoms with E-state index in [1.54, 1.807) is 12.4 Å². The molecule has 2 aromatic rings. The third-order valence-corrected chi connectivity index (χ3v) is 4.20. The van der Waals surface area contributed by atoms with Crippen molar-refractivity contribution in [3.8, 4) is 11.4 Å². The highest BCUT2D eigenvalue weighted by atomic mass is 16.5. The van der Waals surface area contributed by atoms with Gasteiger partial charge < -0.3 is 9.84 Å². The molecule has 2 atom stereocenters. The second kappa shape index (κ2) is 6.80. The van der Waals surface area contributed by atoms with Crippen molar-refractivity contribution in [2.24, 2.45) is 5.92 Å². The first kappa shape index (κ1) is 14.2. The van der Waals surface area contributed by atoms with Gasteiger partial charge >= 0.3 is 0 Å². The van der Waals surface area contributed by atoms with Crippen molar-refractivity contribution in [2.75, 3.05) is 6.54 Å². The van der Waals surface area contributed by atoms with E-state index < -0.39 is 0 Å². The highest BCUT2D eigenvalue weighted by Crippen LogP contribution is 2.27. The number of hydrogen-bond donors (Lipinski definition) is 1. The molecule has 1 fully saturated rings. The standard InChI is InChI=1S/C16H22N4O/c1-2-18-14-8-4-3-6-12(14)10-15-19-16(20-21-15)13-7-5-9-17-11-13/h5,7,9,11-12,14,18H,2-4,6,8,10H2,1H3. The molecule has 2 heterocycles. The summed E-state index contributed by atoms with van der Waals surface area (Å²) in [5.74, 6) is 1.97. The normalized spacial score (nSPS) is 22.3. The second-order valence-electron chi connectivity index (χ2n) is 5.67. The van der Waals surface area contributed by atoms with E-state index in [1.807, 2.05) is 12.1 Å². The topological polar surface area (TPSA) is 63.8 Å². The van der Waals surface area contributed by atoms with Gasteiger partial charge in [0.25, 0.3) is 0 Å². The first-order valence-electron chi connectivity index (χ1n) is 7.83. The Morgan fingerprint density at radius 2 is 2.24 bits per heavy atom. The average Bonchev–Trinajstić information content (AvgIpc) is 2.99. The molecule has 0 radical (unpaired) electrons. The number of nitrogens with one attached hydrogen (secondary N) is 1. The van der Waals surface area contributed by atoms with Crippen molar-refractivity contribution in [1.82, 2.24) is 20.4 Å². The largest absolute Gasteiger partial charge is 0.339 e. The van der Waals surface area contributed by atoms with Gasteiger partial charge in [0.2, 0.25) is 11.7 Å². The fourth-order valence-electron chi connectivity index (χ4n) is 3.16. The Morgan fingerprint density at radius 3 is 3.05 bits per heavy atom. The van der Waals surface area contributed by atoms with E-state index in [-0.39, 0.29) is 0 Å². The average molecular weight is 286 g/mol. The summed E-state index contributed by atoms with van der Waals surface area (Å²) in [7, 11) is 0. The third kappa shape index (κ3) is 3.47. The predicted molar refractivity (Wildman–Crippen MR) is 80.7 cm³/mol. The SMILES string of the molecule is CCNC1CCCCC1Cc1nc(-c2cccnc2)no1. The smallest absolute Gasteiger partial charge is 0.227 e. The van der Waals surface area contributed by atoms with Crippen LogP contribution in [0.15, 0.2) is 29.0 Å². The van der Waals surface area contributed by atoms with Gasteiger partial charge in [-0.05, 0) is 37.4 Å². The molecule has 1 aliphatic carbocycles. The Bertz CT molecular complexity index is 552. The summed E-state index contributed by atoms with van der Waals surface area (Å²) in [6.07, 6.45) is 9.48. The van der Waals surface area contributed by atoms with Crippen LogP contribution in [0.3, 0.4) is 0 Å². The molecule has 3 rings (SSSR count). The number of pyridine rings is 1. The quantitative estimate of drug-likeness (QED) is 0.915. The van der Waals surface area contributed by atoms with Gasteiger partial charge in [0.05, 0.1) is 0 Å². The van der Waals surface area contributed by atoms with Gasteiger partial charge in [-0.2, -0.15) is 4.98 Å². The van der Waals surface area contributed by atoms with Crippen LogP contribution in [0.1, 0.15) is 38.5 Å². The van der Waals surface area contributed by atoms with E-state index in [1.165, 1.54) is 25.7 Å². The fraction of sp³-hybridized carbons (Fsp3) is 0.562. The molecule has 1 aliphatic rings. The van der Waals surface area contributed by atoms with Crippen LogP contribution in [0, 0.1) is 5.92 Å². The summed E-state index contributed by atoms with van der Waals surface area (Å²) in [5, 5.41) is 7.67. The Morgan fingerprint density at radius 1 is 1.33 bits per heavy atom. The van der Waals surface area contributed by atoms with Gasteiger partial charge in [0, 0.05) is 30.4 Å². The Labute approximate surface area is 125 Å². The van der Waals surface area contributed by atoms with Crippen LogP contribution in [0.25, 0.3) is 11.4 Å². The lowest BCUT2D eigenvalue weighted by atomic mass is 9.82. The highest BCUT2D eigenvalue weighted by molar-refractivity contribution is 5.51. The molecule has 21 heavy (non-hydrogen) atoms. The maximum absolute atomic E-state index is 5.43. The first-order valence-corrected chi connectivity index (χ1v) is 7.83. The fourth-order valence-corrected chi connectivity index (χ4v) is 3.16. The Balaban J connectivity index is 1.69. The van der Waals surface area contributed by atoms with Crippen LogP contribution in [-0.4, -0.2) is 27.7 Å². The van der Waals surface area contributed by atoms with E-state index in [9.17, 15) is 0 Å². The maximum Gasteiger partial charge on any atom is 0.227 e. The molecule has 2 aromatic heterocycles. The number of aromatic nitrogens is 3. The summed E-state index contributed by atoms with van der Waals surface area (Å²) in [5.41, 5.74) is 0.902. The van der Waals surface area contributed by atoms with Crippen molar-refractivity contribution in [2.45, 2.75) is 45.1 Å². The number of hydrogen-bond acceptors (Lipinski definition) is 5. The van der Waals surface area contributed by atoms with Gasteiger partial charge in [-0.15, -0.1) is 0 Å². The minimum atomic E-state index is 0.581. The first-order chi connectivity index (χ1) is 10.4. The van der Waals surface area contributed by atoms with E-state index >= 15 is 0 Å². The molecule has 0 spiro atoms. The summed E-state index contributed by atoms with van der Waals surface area (Å²) in [4.78, 5) is 8.61. The van der Waals surface area contributed by atoms with Gasteiger partial charge in [0.15, 0.2) is 0 Å². The maximum atomic E-state index is 5.43. The van der Waals surface area contributed by atoms with Crippen LogP contribution in [0.2, 0.25) is 0 Å². The van der Waals surface area contributed by atoms with E-state index in [2.05, 4.69) is 27.4 Å². The highest BCUT2D eigenvalue weighted by Gasteiger charge is 2.26. The predicted octanol–water partition coefficient (Wildman–Crippen LogP) is 2.84. The Hall–Kier alpha value is -1.75. The lowest BCUT2D eigenvalue weighted by molar-refractivity contribution is 0.242. The summed E-state index contributed by atoms with van der Waals surface area (Å²) in [6.45, 7) is 3.19. The number of rotatable bonds is 5. The zero-order valence-electron chi connectivity index (χ0n) is 12.5. The molecular formula is C16H22N4O. The van der Waals surface area contributed by atoms with E-state index in [4.69, 9.17) is 4.52 Å². The zero-order valence-corrected chi connectivity index (χ0v) is 12.5. The minimum Gasteiger partial charge on any atom is -0.339 e. The molecule has 0 saturated heterocycles. The van der Waals surface area contributed by atoms with Crippen LogP contribution < -0.4 is 5.32 Å². The van der Waals surface area contributed by atoms with Crippen molar-refractivity contribution in [1.29, 1.82) is 0 Å². The molecular weight excluding hydrogens is 264 g/mol. The van der Waals surface area contributed by atoms with Crippen LogP contribution in [0.4, 0.5) is 0 Å². The minimum absolute atomic E-state index is 0.581. The Kier molecular flexibility index (Phi) is 4.60. The third-order valence-electron chi connectivity index (χ3n) is 4.20. The van der Waals surface area contributed by atoms with Crippen molar-refractivity contribution in [3.63, 3.8) is 0 Å². The lowest BCUT2D eigenvalue weighted by Crippen LogP contribution is -2.39. The molecule has 1 saturated carbocycles. The monoisotopic (exact) mass is 286 g/mol. The molecule has 0 bridgehead atoms. The lowest BCUT2D eigenvalue weighted by Gasteiger charge is -2.31. The molecule has 5 heteroatoms. The molecule has 0 amide bonds. The van der Waals surface area contributed by atoms with E-state index in [0.717, 1.165) is 24.4 Å². The van der Waals surface area contributed by atoms with Gasteiger partial charge in [0.1, 0.15) is 0 Å². The summed E-state index contributed by atoms with van der Waals surface area (Å²) >= 11 is 0. The zero-order chi connectivity index (χ0) is 14.5. The van der Waals surface area contributed by atoms with Crippen molar-refractivity contribution < 1.29 is 4.52 Å². The molecule has 112 valence electrons. The van der Waals surface area contributed by atoms with Crippen molar-refractivity contribution >= 4 is 0 Å². The second-order valence-corrected chi connectivity index (χ2v) is 5.67. The summed E-state index contributed by atoms with van der Waals surface area (Å²) < 4.78 is 5.43. The molecule has 5 nitrogen and oxygen atoms in total. The molecule has 0 aliphatic heterocycles.